The minimum absolute atomic E-state index is 0.0895. The van der Waals surface area contributed by atoms with Crippen molar-refractivity contribution in [3.8, 4) is 0 Å². The highest BCUT2D eigenvalue weighted by Gasteiger charge is 2.29. The minimum Gasteiger partial charge on any atom is -0.396 e. The second-order valence-electron chi connectivity index (χ2n) is 4.70. The smallest absolute Gasteiger partial charge is 0.274 e. The van der Waals surface area contributed by atoms with Crippen LogP contribution in [0.1, 0.15) is 36.2 Å². The van der Waals surface area contributed by atoms with Crippen LogP contribution in [0.5, 0.6) is 0 Å². The molecular formula is C13H20N4O2. The highest BCUT2D eigenvalue weighted by Crippen LogP contribution is 2.26. The average molecular weight is 264 g/mol. The van der Waals surface area contributed by atoms with E-state index in [4.69, 9.17) is 5.11 Å². The maximum absolute atomic E-state index is 12.4. The number of aromatic nitrogens is 2. The third-order valence-corrected chi connectivity index (χ3v) is 3.46. The summed E-state index contributed by atoms with van der Waals surface area (Å²) in [6, 6.07) is 0.296. The number of hydrogen-bond donors (Lipinski definition) is 2. The van der Waals surface area contributed by atoms with Gasteiger partial charge in [0, 0.05) is 26.2 Å². The molecule has 6 heteroatoms. The normalized spacial score (nSPS) is 14.8. The molecule has 1 aromatic heterocycles. The molecule has 2 N–H and O–H groups in total. The van der Waals surface area contributed by atoms with E-state index in [9.17, 15) is 4.79 Å². The van der Waals surface area contributed by atoms with E-state index < -0.39 is 0 Å². The lowest BCUT2D eigenvalue weighted by Gasteiger charge is -2.37. The summed E-state index contributed by atoms with van der Waals surface area (Å²) in [5.74, 6) is 0.551. The summed E-state index contributed by atoms with van der Waals surface area (Å²) in [5, 5.41) is 11.8. The van der Waals surface area contributed by atoms with Crippen LogP contribution in [0, 0.1) is 0 Å². The van der Waals surface area contributed by atoms with Crippen molar-refractivity contribution in [1.29, 1.82) is 0 Å². The molecule has 2 rings (SSSR count). The van der Waals surface area contributed by atoms with Gasteiger partial charge in [-0.1, -0.05) is 0 Å². The van der Waals surface area contributed by atoms with Crippen molar-refractivity contribution in [2.75, 3.05) is 25.5 Å². The fourth-order valence-corrected chi connectivity index (χ4v) is 2.10. The van der Waals surface area contributed by atoms with Gasteiger partial charge in [0.15, 0.2) is 0 Å². The first kappa shape index (κ1) is 13.7. The van der Waals surface area contributed by atoms with E-state index >= 15 is 0 Å². The summed E-state index contributed by atoms with van der Waals surface area (Å²) in [6.07, 6.45) is 6.90. The van der Waals surface area contributed by atoms with Gasteiger partial charge in [-0.3, -0.25) is 4.79 Å². The number of hydrogen-bond acceptors (Lipinski definition) is 5. The van der Waals surface area contributed by atoms with Crippen LogP contribution in [-0.2, 0) is 0 Å². The Balaban J connectivity index is 2.08. The van der Waals surface area contributed by atoms with Crippen LogP contribution in [0.15, 0.2) is 12.4 Å². The number of nitrogens with zero attached hydrogens (tertiary/aromatic N) is 3. The van der Waals surface area contributed by atoms with Gasteiger partial charge in [-0.15, -0.1) is 0 Å². The summed E-state index contributed by atoms with van der Waals surface area (Å²) in [5.41, 5.74) is 0.365. The van der Waals surface area contributed by atoms with Crippen LogP contribution in [0.4, 0.5) is 5.82 Å². The molecule has 0 radical (unpaired) electrons. The van der Waals surface area contributed by atoms with Crippen LogP contribution in [0.25, 0.3) is 0 Å². The second kappa shape index (κ2) is 6.47. The molecule has 104 valence electrons. The third-order valence-electron chi connectivity index (χ3n) is 3.46. The topological polar surface area (TPSA) is 78.4 Å². The van der Waals surface area contributed by atoms with E-state index in [1.165, 1.54) is 6.20 Å². The molecular weight excluding hydrogens is 244 g/mol. The lowest BCUT2D eigenvalue weighted by atomic mass is 9.91. The van der Waals surface area contributed by atoms with Crippen molar-refractivity contribution in [2.24, 2.45) is 0 Å². The van der Waals surface area contributed by atoms with Gasteiger partial charge in [0.1, 0.15) is 11.5 Å². The Labute approximate surface area is 112 Å². The van der Waals surface area contributed by atoms with Crippen LogP contribution >= 0.6 is 0 Å². The van der Waals surface area contributed by atoms with Crippen molar-refractivity contribution in [3.63, 3.8) is 0 Å². The number of carbonyl (C=O) groups excluding carboxylic acids is 1. The SMILES string of the molecule is CNc1cnc(C(=O)N(CCCO)C2CCC2)cn1. The van der Waals surface area contributed by atoms with Gasteiger partial charge in [-0.25, -0.2) is 9.97 Å². The van der Waals surface area contributed by atoms with Gasteiger partial charge in [0.25, 0.3) is 5.91 Å². The van der Waals surface area contributed by atoms with Crippen LogP contribution < -0.4 is 5.32 Å². The molecule has 1 saturated carbocycles. The maximum atomic E-state index is 12.4. The lowest BCUT2D eigenvalue weighted by molar-refractivity contribution is 0.0556. The second-order valence-corrected chi connectivity index (χ2v) is 4.70. The summed E-state index contributed by atoms with van der Waals surface area (Å²) in [7, 11) is 1.76. The molecule has 0 unspecified atom stereocenters. The van der Waals surface area contributed by atoms with Crippen molar-refractivity contribution >= 4 is 11.7 Å². The van der Waals surface area contributed by atoms with Crippen molar-refractivity contribution in [3.05, 3.63) is 18.1 Å². The Bertz CT molecular complexity index is 417. The Hall–Kier alpha value is -1.69. The fourth-order valence-electron chi connectivity index (χ4n) is 2.10. The van der Waals surface area contributed by atoms with Gasteiger partial charge in [0.2, 0.25) is 0 Å². The fraction of sp³-hybridized carbons (Fsp3) is 0.615. The summed E-state index contributed by atoms with van der Waals surface area (Å²) in [4.78, 5) is 22.5. The summed E-state index contributed by atoms with van der Waals surface area (Å²) in [6.45, 7) is 0.677. The molecule has 0 atom stereocenters. The quantitative estimate of drug-likeness (QED) is 0.798. The molecule has 0 saturated heterocycles. The van der Waals surface area contributed by atoms with Gasteiger partial charge in [0.05, 0.1) is 12.4 Å². The molecule has 1 fully saturated rings. The van der Waals surface area contributed by atoms with Gasteiger partial charge in [-0.05, 0) is 25.7 Å². The molecule has 1 amide bonds. The minimum atomic E-state index is -0.0895. The molecule has 0 aromatic carbocycles. The number of aliphatic hydroxyl groups is 1. The molecule has 0 spiro atoms. The van der Waals surface area contributed by atoms with Crippen molar-refractivity contribution < 1.29 is 9.90 Å². The monoisotopic (exact) mass is 264 g/mol. The number of amides is 1. The Morgan fingerprint density at radius 1 is 1.47 bits per heavy atom. The lowest BCUT2D eigenvalue weighted by Crippen LogP contribution is -2.45. The largest absolute Gasteiger partial charge is 0.396 e. The Kier molecular flexibility index (Phi) is 4.68. The molecule has 0 aliphatic heterocycles. The van der Waals surface area contributed by atoms with E-state index in [0.29, 0.717) is 30.5 Å². The zero-order chi connectivity index (χ0) is 13.7. The predicted molar refractivity (Wildman–Crippen MR) is 72.0 cm³/mol. The summed E-state index contributed by atoms with van der Waals surface area (Å²) < 4.78 is 0. The predicted octanol–water partition coefficient (Wildman–Crippen LogP) is 0.895. The zero-order valence-corrected chi connectivity index (χ0v) is 11.2. The van der Waals surface area contributed by atoms with E-state index in [2.05, 4.69) is 15.3 Å². The van der Waals surface area contributed by atoms with E-state index in [-0.39, 0.29) is 12.5 Å². The number of nitrogens with one attached hydrogen (secondary N) is 1. The standard InChI is InChI=1S/C13H20N4O2/c1-14-12-9-15-11(8-16-12)13(19)17(6-3-7-18)10-4-2-5-10/h8-10,18H,2-7H2,1H3,(H,14,16). The van der Waals surface area contributed by atoms with Crippen molar-refractivity contribution in [2.45, 2.75) is 31.7 Å². The van der Waals surface area contributed by atoms with E-state index in [1.807, 2.05) is 4.90 Å². The van der Waals surface area contributed by atoms with Crippen LogP contribution in [0.2, 0.25) is 0 Å². The number of carbonyl (C=O) groups is 1. The first-order valence-corrected chi connectivity index (χ1v) is 6.68. The average Bonchev–Trinajstić information content (AvgIpc) is 2.40. The number of rotatable bonds is 6. The van der Waals surface area contributed by atoms with Crippen LogP contribution in [0.3, 0.4) is 0 Å². The highest BCUT2D eigenvalue weighted by atomic mass is 16.3. The molecule has 1 heterocycles. The molecule has 19 heavy (non-hydrogen) atoms. The molecule has 1 aliphatic carbocycles. The molecule has 1 aromatic rings. The van der Waals surface area contributed by atoms with E-state index in [0.717, 1.165) is 19.3 Å². The van der Waals surface area contributed by atoms with Gasteiger partial charge < -0.3 is 15.3 Å². The Morgan fingerprint density at radius 3 is 2.74 bits per heavy atom. The maximum Gasteiger partial charge on any atom is 0.274 e. The van der Waals surface area contributed by atoms with Gasteiger partial charge >= 0.3 is 0 Å². The van der Waals surface area contributed by atoms with E-state index in [1.54, 1.807) is 13.2 Å². The molecule has 0 bridgehead atoms. The van der Waals surface area contributed by atoms with Gasteiger partial charge in [-0.2, -0.15) is 0 Å². The first-order chi connectivity index (χ1) is 9.26. The number of anilines is 1. The Morgan fingerprint density at radius 2 is 2.26 bits per heavy atom. The highest BCUT2D eigenvalue weighted by molar-refractivity contribution is 5.92. The van der Waals surface area contributed by atoms with Crippen LogP contribution in [-0.4, -0.2) is 52.1 Å². The molecule has 1 aliphatic rings. The zero-order valence-electron chi connectivity index (χ0n) is 11.2. The number of aliphatic hydroxyl groups excluding tert-OH is 1. The third kappa shape index (κ3) is 3.20. The molecule has 6 nitrogen and oxygen atoms in total. The van der Waals surface area contributed by atoms with Crippen molar-refractivity contribution in [1.82, 2.24) is 14.9 Å². The summed E-state index contributed by atoms with van der Waals surface area (Å²) >= 11 is 0. The first-order valence-electron chi connectivity index (χ1n) is 6.68.